The fourth-order valence-corrected chi connectivity index (χ4v) is 0. The van der Waals surface area contributed by atoms with Crippen molar-refractivity contribution in [2.75, 3.05) is 0 Å². The fraction of sp³-hybridized carbons (Fsp3) is 0. The molecule has 0 rings (SSSR count). The largest absolute Gasteiger partial charge is 2.00 e. The minimum absolute atomic E-state index is 0. The van der Waals surface area contributed by atoms with Gasteiger partial charge >= 0.3 is 42.5 Å². The molecule has 0 heterocycles. The Labute approximate surface area is 65.5 Å². The summed E-state index contributed by atoms with van der Waals surface area (Å²) in [4.78, 5) is 0. The summed E-state index contributed by atoms with van der Waals surface area (Å²) in [6.07, 6.45) is 0. The maximum absolute atomic E-state index is 0. The van der Waals surface area contributed by atoms with Crippen LogP contribution in [-0.4, -0.2) is 23.1 Å². The molecule has 0 N–H and O–H groups in total. The number of hydrogen-bond donors (Lipinski definition) is 0. The molecule has 0 nitrogen and oxygen atoms in total. The summed E-state index contributed by atoms with van der Waals surface area (Å²) in [5.41, 5.74) is 0. The molecule has 1 atom stereocenters. The van der Waals surface area contributed by atoms with Crippen molar-refractivity contribution in [3.05, 3.63) is 0 Å². The van der Waals surface area contributed by atoms with Gasteiger partial charge in [-0.15, -0.1) is 0 Å². The quantitative estimate of drug-likeness (QED) is 0.332. The third-order valence-electron chi connectivity index (χ3n) is 0. The van der Waals surface area contributed by atoms with Gasteiger partial charge in [-0.05, 0) is 0 Å². The molecule has 0 aromatic rings. The molecule has 0 saturated heterocycles. The van der Waals surface area contributed by atoms with E-state index in [1.54, 1.807) is 0 Å². The first kappa shape index (κ1) is 35.0. The zero-order valence-electron chi connectivity index (χ0n) is 2.53. The molecule has 0 spiro atoms. The van der Waals surface area contributed by atoms with Crippen LogP contribution in [0.1, 0.15) is 0 Å². The summed E-state index contributed by atoms with van der Waals surface area (Å²) in [6.45, 7) is 0. The van der Waals surface area contributed by atoms with Gasteiger partial charge in [0.05, 0.1) is 0 Å². The van der Waals surface area contributed by atoms with E-state index < -0.39 is 0 Å². The normalized spacial score (nSPS) is 0. The molecule has 1 unspecified atom stereocenters. The van der Waals surface area contributed by atoms with Crippen LogP contribution in [-0.2, 0) is 33.0 Å². The van der Waals surface area contributed by atoms with Gasteiger partial charge < -0.3 is 13.5 Å². The topological polar surface area (TPSA) is 0 Å². The Kier molecular flexibility index (Phi) is 167. The first-order valence-corrected chi connectivity index (χ1v) is 0. The second kappa shape index (κ2) is 19.1. The van der Waals surface area contributed by atoms with E-state index in [1.165, 1.54) is 0 Å². The molecular formula is H3MgPSZn+2. The molecule has 0 aliphatic heterocycles. The van der Waals surface area contributed by atoms with Crippen LogP contribution in [0.4, 0.5) is 0 Å². The van der Waals surface area contributed by atoms with Crippen molar-refractivity contribution < 1.29 is 19.5 Å². The van der Waals surface area contributed by atoms with Gasteiger partial charge in [-0.2, -0.15) is 9.90 Å². The molecule has 0 aromatic heterocycles. The molecule has 0 amide bonds. The third kappa shape index (κ3) is 8.90. The summed E-state index contributed by atoms with van der Waals surface area (Å²) in [5, 5.41) is 0. The fourth-order valence-electron chi connectivity index (χ4n) is 0. The van der Waals surface area contributed by atoms with Gasteiger partial charge in [-0.3, -0.25) is 0 Å². The van der Waals surface area contributed by atoms with Gasteiger partial charge in [-0.25, -0.2) is 0 Å². The molecule has 4 heteroatoms. The Balaban J connectivity index is 0. The molecule has 0 aliphatic carbocycles. The maximum atomic E-state index is 0. The van der Waals surface area contributed by atoms with Crippen LogP contribution < -0.4 is 0 Å². The predicted molar refractivity (Wildman–Crippen MR) is 24.2 cm³/mol. The Hall–Kier alpha value is 2.17. The van der Waals surface area contributed by atoms with E-state index in [1.807, 2.05) is 0 Å². The summed E-state index contributed by atoms with van der Waals surface area (Å²) >= 11 is 0. The van der Waals surface area contributed by atoms with Crippen LogP contribution in [0.5, 0.6) is 0 Å². The Morgan fingerprint density at radius 1 is 1.00 bits per heavy atom. The Morgan fingerprint density at radius 3 is 1.00 bits per heavy atom. The van der Waals surface area contributed by atoms with Crippen LogP contribution in [0.2, 0.25) is 0 Å². The zero-order valence-corrected chi connectivity index (χ0v) is 9.14. The summed E-state index contributed by atoms with van der Waals surface area (Å²) in [7, 11) is 0. The van der Waals surface area contributed by atoms with Crippen molar-refractivity contribution in [2.45, 2.75) is 0 Å². The van der Waals surface area contributed by atoms with E-state index in [2.05, 4.69) is 0 Å². The molecular weight excluding hydrogens is 153 g/mol. The molecule has 0 fully saturated rings. The van der Waals surface area contributed by atoms with Crippen molar-refractivity contribution >= 4 is 46.4 Å². The summed E-state index contributed by atoms with van der Waals surface area (Å²) < 4.78 is 0. The Bertz CT molecular complexity index is 8.00. The third-order valence-corrected chi connectivity index (χ3v) is 0. The smallest absolute Gasteiger partial charge is 2.00 e. The second-order valence-electron chi connectivity index (χ2n) is 0. The molecule has 0 aromatic carbocycles. The maximum Gasteiger partial charge on any atom is 2.00 e. The summed E-state index contributed by atoms with van der Waals surface area (Å²) in [5.74, 6) is 0. The Morgan fingerprint density at radius 2 is 1.00 bits per heavy atom. The zero-order chi connectivity index (χ0) is 0. The van der Waals surface area contributed by atoms with Crippen molar-refractivity contribution in [3.63, 3.8) is 0 Å². The molecule has 0 radical (unpaired) electrons. The van der Waals surface area contributed by atoms with Crippen molar-refractivity contribution in [1.82, 2.24) is 0 Å². The van der Waals surface area contributed by atoms with Gasteiger partial charge in [0.25, 0.3) is 0 Å². The van der Waals surface area contributed by atoms with Crippen molar-refractivity contribution in [1.29, 1.82) is 0 Å². The average molecular weight is 156 g/mol. The minimum Gasteiger partial charge on any atom is -2.00 e. The van der Waals surface area contributed by atoms with Gasteiger partial charge in [-0.1, -0.05) is 0 Å². The average Bonchev–Trinajstić information content (AvgIpc) is 0. The van der Waals surface area contributed by atoms with Gasteiger partial charge in [0, 0.05) is 0 Å². The molecule has 4 heavy (non-hydrogen) atoms. The van der Waals surface area contributed by atoms with E-state index >= 15 is 0 Å². The van der Waals surface area contributed by atoms with Crippen LogP contribution in [0, 0.1) is 0 Å². The minimum atomic E-state index is 0. The molecule has 0 bridgehead atoms. The standard InChI is InChI=1S/Mg.H3P.S.Zn/h;1H3;;/q+2;;-2;+2. The monoisotopic (exact) mass is 154 g/mol. The first-order chi connectivity index (χ1) is 0. The molecule has 0 aliphatic rings. The number of hydrogen-bond acceptors (Lipinski definition) is 0. The van der Waals surface area contributed by atoms with Crippen LogP contribution in [0.25, 0.3) is 0 Å². The van der Waals surface area contributed by atoms with E-state index in [0.717, 1.165) is 0 Å². The molecule has 0 saturated carbocycles. The van der Waals surface area contributed by atoms with Crippen LogP contribution in [0.3, 0.4) is 0 Å². The summed E-state index contributed by atoms with van der Waals surface area (Å²) in [6, 6.07) is 0. The first-order valence-electron chi connectivity index (χ1n) is 0. The van der Waals surface area contributed by atoms with Crippen molar-refractivity contribution in [2.24, 2.45) is 0 Å². The molecule has 16 valence electrons. The van der Waals surface area contributed by atoms with Crippen LogP contribution in [0.15, 0.2) is 0 Å². The van der Waals surface area contributed by atoms with Gasteiger partial charge in [0.15, 0.2) is 0 Å². The number of rotatable bonds is 0. The predicted octanol–water partition coefficient (Wildman–Crippen LogP) is -0.328. The van der Waals surface area contributed by atoms with Crippen molar-refractivity contribution in [3.8, 4) is 0 Å². The second-order valence-corrected chi connectivity index (χ2v) is 0. The SMILES string of the molecule is P.[Mg+2].[S-2].[Zn+2]. The van der Waals surface area contributed by atoms with Gasteiger partial charge in [0.2, 0.25) is 0 Å². The van der Waals surface area contributed by atoms with Crippen LogP contribution >= 0.6 is 9.90 Å². The van der Waals surface area contributed by atoms with E-state index in [4.69, 9.17) is 0 Å². The van der Waals surface area contributed by atoms with E-state index in [9.17, 15) is 0 Å². The van der Waals surface area contributed by atoms with E-state index in [0.29, 0.717) is 0 Å². The van der Waals surface area contributed by atoms with Gasteiger partial charge in [0.1, 0.15) is 0 Å². The van der Waals surface area contributed by atoms with E-state index in [-0.39, 0.29) is 65.9 Å².